The molecule has 1 aliphatic carbocycles. The fraction of sp³-hybridized carbons (Fsp3) is 0.625. The largest absolute Gasteiger partial charge is 0.326 e. The minimum absolute atomic E-state index is 0.154. The summed E-state index contributed by atoms with van der Waals surface area (Å²) < 4.78 is 28.0. The second-order valence-electron chi connectivity index (χ2n) is 6.58. The number of hydrogen-bond acceptors (Lipinski definition) is 3. The maximum Gasteiger partial charge on any atom is 0.240 e. The van der Waals surface area contributed by atoms with E-state index >= 15 is 0 Å². The van der Waals surface area contributed by atoms with Crippen molar-refractivity contribution in [1.82, 2.24) is 4.72 Å². The van der Waals surface area contributed by atoms with Crippen LogP contribution in [-0.4, -0.2) is 15.0 Å². The van der Waals surface area contributed by atoms with Crippen LogP contribution in [-0.2, 0) is 16.6 Å². The van der Waals surface area contributed by atoms with Crippen molar-refractivity contribution < 1.29 is 8.42 Å². The summed E-state index contributed by atoms with van der Waals surface area (Å²) in [5, 5.41) is 0. The zero-order chi connectivity index (χ0) is 15.8. The summed E-state index contributed by atoms with van der Waals surface area (Å²) in [5.74, 6) is 0.499. The van der Waals surface area contributed by atoms with Gasteiger partial charge in [0.15, 0.2) is 0 Å². The Labute approximate surface area is 128 Å². The van der Waals surface area contributed by atoms with Crippen LogP contribution in [0.1, 0.15) is 43.4 Å². The molecule has 0 amide bonds. The van der Waals surface area contributed by atoms with Gasteiger partial charge in [-0.15, -0.1) is 0 Å². The Bertz CT molecular complexity index is 632. The van der Waals surface area contributed by atoms with Crippen molar-refractivity contribution in [1.29, 1.82) is 0 Å². The van der Waals surface area contributed by atoms with Crippen LogP contribution in [0.3, 0.4) is 0 Å². The Hall–Kier alpha value is -0.910. The fourth-order valence-corrected chi connectivity index (χ4v) is 4.23. The first kappa shape index (κ1) is 16.5. The molecule has 21 heavy (non-hydrogen) atoms. The highest BCUT2D eigenvalue weighted by atomic mass is 32.2. The maximum absolute atomic E-state index is 12.6. The topological polar surface area (TPSA) is 72.2 Å². The molecule has 1 saturated carbocycles. The minimum atomic E-state index is -3.48. The van der Waals surface area contributed by atoms with E-state index in [1.807, 2.05) is 19.9 Å². The van der Waals surface area contributed by atoms with Gasteiger partial charge in [0.1, 0.15) is 0 Å². The Morgan fingerprint density at radius 1 is 1.29 bits per heavy atom. The molecule has 2 rings (SSSR count). The normalized spacial score (nSPS) is 17.2. The average molecular weight is 310 g/mol. The minimum Gasteiger partial charge on any atom is -0.326 e. The van der Waals surface area contributed by atoms with Crippen molar-refractivity contribution in [2.24, 2.45) is 17.1 Å². The molecule has 1 aliphatic rings. The first-order valence-corrected chi connectivity index (χ1v) is 9.00. The average Bonchev–Trinajstić information content (AvgIpc) is 3.20. The van der Waals surface area contributed by atoms with Gasteiger partial charge in [0, 0.05) is 13.1 Å². The predicted molar refractivity (Wildman–Crippen MR) is 85.5 cm³/mol. The molecule has 0 aromatic heterocycles. The summed E-state index contributed by atoms with van der Waals surface area (Å²) in [6.45, 7) is 8.96. The van der Waals surface area contributed by atoms with Crippen LogP contribution < -0.4 is 10.5 Å². The fourth-order valence-electron chi connectivity index (χ4n) is 2.73. The molecule has 0 radical (unpaired) electrons. The number of benzene rings is 1. The molecule has 1 aromatic carbocycles. The first-order valence-electron chi connectivity index (χ1n) is 7.52. The van der Waals surface area contributed by atoms with Gasteiger partial charge in [-0.25, -0.2) is 13.1 Å². The summed E-state index contributed by atoms with van der Waals surface area (Å²) in [5.41, 5.74) is 8.42. The highest BCUT2D eigenvalue weighted by Crippen LogP contribution is 2.51. The summed E-state index contributed by atoms with van der Waals surface area (Å²) >= 11 is 0. The van der Waals surface area contributed by atoms with E-state index in [2.05, 4.69) is 18.6 Å². The monoisotopic (exact) mass is 310 g/mol. The summed E-state index contributed by atoms with van der Waals surface area (Å²) in [7, 11) is -3.48. The SMILES string of the molecule is Cc1cc(CN)cc(S(=O)(=O)NCC2(C(C)C)CC2)c1C. The maximum atomic E-state index is 12.6. The lowest BCUT2D eigenvalue weighted by molar-refractivity contribution is 0.357. The lowest BCUT2D eigenvalue weighted by atomic mass is 9.93. The molecule has 0 bridgehead atoms. The quantitative estimate of drug-likeness (QED) is 0.848. The number of aryl methyl sites for hydroxylation is 1. The third-order valence-corrected chi connectivity index (χ3v) is 6.46. The van der Waals surface area contributed by atoms with Crippen LogP contribution in [0.5, 0.6) is 0 Å². The van der Waals surface area contributed by atoms with E-state index < -0.39 is 10.0 Å². The van der Waals surface area contributed by atoms with E-state index in [0.29, 0.717) is 23.9 Å². The Balaban J connectivity index is 2.26. The molecule has 0 aliphatic heterocycles. The van der Waals surface area contributed by atoms with Crippen LogP contribution in [0, 0.1) is 25.2 Å². The smallest absolute Gasteiger partial charge is 0.240 e. The molecular formula is C16H26N2O2S. The van der Waals surface area contributed by atoms with E-state index in [-0.39, 0.29) is 5.41 Å². The van der Waals surface area contributed by atoms with E-state index in [0.717, 1.165) is 29.5 Å². The molecule has 1 aromatic rings. The number of hydrogen-bond donors (Lipinski definition) is 2. The Morgan fingerprint density at radius 3 is 2.38 bits per heavy atom. The molecule has 1 fully saturated rings. The van der Waals surface area contributed by atoms with Crippen molar-refractivity contribution in [3.8, 4) is 0 Å². The number of nitrogens with one attached hydrogen (secondary N) is 1. The Morgan fingerprint density at radius 2 is 1.90 bits per heavy atom. The summed E-state index contributed by atoms with van der Waals surface area (Å²) in [4.78, 5) is 0.363. The van der Waals surface area contributed by atoms with E-state index in [9.17, 15) is 8.42 Å². The van der Waals surface area contributed by atoms with Crippen molar-refractivity contribution in [3.05, 3.63) is 28.8 Å². The van der Waals surface area contributed by atoms with Gasteiger partial charge in [0.25, 0.3) is 0 Å². The molecular weight excluding hydrogens is 284 g/mol. The zero-order valence-electron chi connectivity index (χ0n) is 13.4. The van der Waals surface area contributed by atoms with Gasteiger partial charge in [-0.05, 0) is 60.8 Å². The number of rotatable bonds is 6. The molecule has 4 nitrogen and oxygen atoms in total. The van der Waals surface area contributed by atoms with Crippen molar-refractivity contribution in [2.75, 3.05) is 6.54 Å². The zero-order valence-corrected chi connectivity index (χ0v) is 14.2. The van der Waals surface area contributed by atoms with E-state index in [4.69, 9.17) is 5.73 Å². The molecule has 0 atom stereocenters. The summed E-state index contributed by atoms with van der Waals surface area (Å²) in [6, 6.07) is 3.64. The van der Waals surface area contributed by atoms with Gasteiger partial charge in [0.05, 0.1) is 4.90 Å². The van der Waals surface area contributed by atoms with Gasteiger partial charge in [0.2, 0.25) is 10.0 Å². The Kier molecular flexibility index (Phi) is 4.47. The molecule has 0 saturated heterocycles. The highest BCUT2D eigenvalue weighted by molar-refractivity contribution is 7.89. The van der Waals surface area contributed by atoms with Crippen molar-refractivity contribution in [3.63, 3.8) is 0 Å². The predicted octanol–water partition coefficient (Wildman–Crippen LogP) is 2.48. The third kappa shape index (κ3) is 3.30. The van der Waals surface area contributed by atoms with E-state index in [1.54, 1.807) is 6.07 Å². The lowest BCUT2D eigenvalue weighted by Gasteiger charge is -2.21. The second-order valence-corrected chi connectivity index (χ2v) is 8.32. The molecule has 118 valence electrons. The highest BCUT2D eigenvalue weighted by Gasteiger charge is 2.45. The second kappa shape index (κ2) is 5.71. The standard InChI is InChI=1S/C16H26N2O2S/c1-11(2)16(5-6-16)10-18-21(19,20)15-8-14(9-17)7-12(3)13(15)4/h7-8,11,18H,5-6,9-10,17H2,1-4H3. The molecule has 5 heteroatoms. The van der Waals surface area contributed by atoms with Crippen LogP contribution >= 0.6 is 0 Å². The number of sulfonamides is 1. The van der Waals surface area contributed by atoms with Crippen molar-refractivity contribution >= 4 is 10.0 Å². The summed E-state index contributed by atoms with van der Waals surface area (Å²) in [6.07, 6.45) is 2.21. The molecule has 0 unspecified atom stereocenters. The van der Waals surface area contributed by atoms with Gasteiger partial charge in [-0.2, -0.15) is 0 Å². The van der Waals surface area contributed by atoms with Crippen LogP contribution in [0.4, 0.5) is 0 Å². The lowest BCUT2D eigenvalue weighted by Crippen LogP contribution is -2.33. The van der Waals surface area contributed by atoms with E-state index in [1.165, 1.54) is 0 Å². The van der Waals surface area contributed by atoms with Gasteiger partial charge in [-0.1, -0.05) is 19.9 Å². The number of nitrogens with two attached hydrogens (primary N) is 1. The van der Waals surface area contributed by atoms with Gasteiger partial charge < -0.3 is 5.73 Å². The van der Waals surface area contributed by atoms with Gasteiger partial charge in [-0.3, -0.25) is 0 Å². The third-order valence-electron chi connectivity index (χ3n) is 4.94. The van der Waals surface area contributed by atoms with Crippen LogP contribution in [0.2, 0.25) is 0 Å². The van der Waals surface area contributed by atoms with Crippen LogP contribution in [0.15, 0.2) is 17.0 Å². The first-order chi connectivity index (χ1) is 9.72. The molecule has 0 heterocycles. The molecule has 3 N–H and O–H groups in total. The van der Waals surface area contributed by atoms with Crippen molar-refractivity contribution in [2.45, 2.75) is 52.0 Å². The van der Waals surface area contributed by atoms with Gasteiger partial charge >= 0.3 is 0 Å². The van der Waals surface area contributed by atoms with Crippen LogP contribution in [0.25, 0.3) is 0 Å². The molecule has 0 spiro atoms.